The molecule has 2 heterocycles. The number of carbonyl (C=O) groups excluding carboxylic acids is 2. The highest BCUT2D eigenvalue weighted by Crippen LogP contribution is 2.19. The summed E-state index contributed by atoms with van der Waals surface area (Å²) >= 11 is 0. The van der Waals surface area contributed by atoms with Crippen LogP contribution in [0.4, 0.5) is 15.3 Å². The molecule has 1 saturated heterocycles. The molecule has 0 unspecified atom stereocenters. The van der Waals surface area contributed by atoms with Crippen LogP contribution in [0.2, 0.25) is 0 Å². The second kappa shape index (κ2) is 6.87. The second-order valence-electron chi connectivity index (χ2n) is 5.05. The zero-order chi connectivity index (χ0) is 16.1. The summed E-state index contributed by atoms with van der Waals surface area (Å²) in [6.07, 6.45) is 1.22. The summed E-state index contributed by atoms with van der Waals surface area (Å²) < 4.78 is 10.1. The molecule has 1 aromatic carbocycles. The Bertz CT molecular complexity index is 684. The number of nitrogens with zero attached hydrogens (tertiary/aromatic N) is 1. The van der Waals surface area contributed by atoms with Gasteiger partial charge in [-0.1, -0.05) is 12.1 Å². The van der Waals surface area contributed by atoms with E-state index in [9.17, 15) is 9.59 Å². The van der Waals surface area contributed by atoms with Gasteiger partial charge in [0.15, 0.2) is 0 Å². The number of anilines is 1. The summed E-state index contributed by atoms with van der Waals surface area (Å²) in [7, 11) is 0. The molecule has 0 aliphatic carbocycles. The number of hydrogen-bond acceptors (Lipinski definition) is 4. The predicted molar refractivity (Wildman–Crippen MR) is 82.9 cm³/mol. The average molecular weight is 315 g/mol. The lowest BCUT2D eigenvalue weighted by Gasteiger charge is -2.14. The molecular weight excluding hydrogens is 298 g/mol. The van der Waals surface area contributed by atoms with E-state index in [4.69, 9.17) is 9.15 Å². The quantitative estimate of drug-likeness (QED) is 0.886. The van der Waals surface area contributed by atoms with E-state index in [0.717, 1.165) is 11.3 Å². The lowest BCUT2D eigenvalue weighted by molar-refractivity contribution is 0.181. The van der Waals surface area contributed by atoms with E-state index >= 15 is 0 Å². The highest BCUT2D eigenvalue weighted by atomic mass is 16.6. The van der Waals surface area contributed by atoms with Gasteiger partial charge in [0.2, 0.25) is 0 Å². The van der Waals surface area contributed by atoms with Crippen molar-refractivity contribution >= 4 is 17.8 Å². The van der Waals surface area contributed by atoms with E-state index < -0.39 is 0 Å². The Morgan fingerprint density at radius 3 is 2.78 bits per heavy atom. The number of furan rings is 1. The Morgan fingerprint density at radius 1 is 1.17 bits per heavy atom. The van der Waals surface area contributed by atoms with Gasteiger partial charge >= 0.3 is 12.1 Å². The summed E-state index contributed by atoms with van der Waals surface area (Å²) in [5.74, 6) is 0.690. The number of cyclic esters (lactones) is 1. The first-order chi connectivity index (χ1) is 11.2. The number of hydrogen-bond donors (Lipinski definition) is 2. The van der Waals surface area contributed by atoms with Crippen LogP contribution >= 0.6 is 0 Å². The fraction of sp³-hybridized carbons (Fsp3) is 0.250. The summed E-state index contributed by atoms with van der Waals surface area (Å²) in [6.45, 7) is 1.63. The topological polar surface area (TPSA) is 83.8 Å². The Kier molecular flexibility index (Phi) is 4.46. The number of urea groups is 1. The van der Waals surface area contributed by atoms with Crippen molar-refractivity contribution in [3.8, 4) is 0 Å². The van der Waals surface area contributed by atoms with Crippen LogP contribution in [0.3, 0.4) is 0 Å². The maximum absolute atomic E-state index is 11.8. The molecule has 1 fully saturated rings. The molecule has 7 nitrogen and oxygen atoms in total. The minimum absolute atomic E-state index is 0.285. The Morgan fingerprint density at radius 2 is 2.04 bits per heavy atom. The summed E-state index contributed by atoms with van der Waals surface area (Å²) in [5, 5.41) is 5.47. The number of rotatable bonds is 5. The SMILES string of the molecule is O=C(NCc1cccc(N2CCOC2=O)c1)NCc1ccco1. The molecule has 0 atom stereocenters. The van der Waals surface area contributed by atoms with Gasteiger partial charge in [0, 0.05) is 12.2 Å². The van der Waals surface area contributed by atoms with E-state index in [1.54, 1.807) is 23.3 Å². The number of amides is 3. The van der Waals surface area contributed by atoms with Crippen molar-refractivity contribution in [3.63, 3.8) is 0 Å². The molecule has 0 bridgehead atoms. The summed E-state index contributed by atoms with van der Waals surface area (Å²) in [4.78, 5) is 24.9. The molecule has 2 N–H and O–H groups in total. The third kappa shape index (κ3) is 3.82. The lowest BCUT2D eigenvalue weighted by Crippen LogP contribution is -2.34. The fourth-order valence-electron chi connectivity index (χ4n) is 2.29. The first-order valence-electron chi connectivity index (χ1n) is 7.30. The zero-order valence-electron chi connectivity index (χ0n) is 12.5. The average Bonchev–Trinajstić information content (AvgIpc) is 3.22. The number of carbonyl (C=O) groups is 2. The molecule has 3 amide bonds. The summed E-state index contributed by atoms with van der Waals surface area (Å²) in [6, 6.07) is 10.7. The maximum atomic E-state index is 11.8. The molecule has 1 aliphatic rings. The smallest absolute Gasteiger partial charge is 0.414 e. The van der Waals surface area contributed by atoms with Crippen molar-refractivity contribution < 1.29 is 18.7 Å². The number of benzene rings is 1. The zero-order valence-corrected chi connectivity index (χ0v) is 12.5. The lowest BCUT2D eigenvalue weighted by atomic mass is 10.2. The minimum Gasteiger partial charge on any atom is -0.467 e. The molecule has 1 aliphatic heterocycles. The molecule has 23 heavy (non-hydrogen) atoms. The molecule has 2 aromatic rings. The molecule has 120 valence electrons. The van der Waals surface area contributed by atoms with Gasteiger partial charge in [-0.2, -0.15) is 0 Å². The van der Waals surface area contributed by atoms with Crippen LogP contribution in [-0.2, 0) is 17.8 Å². The van der Waals surface area contributed by atoms with Crippen molar-refractivity contribution in [2.75, 3.05) is 18.1 Å². The van der Waals surface area contributed by atoms with Gasteiger partial charge in [-0.15, -0.1) is 0 Å². The van der Waals surface area contributed by atoms with Crippen LogP contribution in [-0.4, -0.2) is 25.3 Å². The van der Waals surface area contributed by atoms with Crippen LogP contribution in [0.1, 0.15) is 11.3 Å². The first-order valence-corrected chi connectivity index (χ1v) is 7.30. The van der Waals surface area contributed by atoms with Crippen molar-refractivity contribution in [2.24, 2.45) is 0 Å². The predicted octanol–water partition coefficient (Wildman–Crippen LogP) is 2.24. The van der Waals surface area contributed by atoms with Crippen LogP contribution in [0.5, 0.6) is 0 Å². The second-order valence-corrected chi connectivity index (χ2v) is 5.05. The monoisotopic (exact) mass is 315 g/mol. The van der Waals surface area contributed by atoms with Gasteiger partial charge in [0.1, 0.15) is 12.4 Å². The van der Waals surface area contributed by atoms with Crippen LogP contribution in [0.15, 0.2) is 47.1 Å². The van der Waals surface area contributed by atoms with E-state index in [0.29, 0.717) is 32.0 Å². The molecule has 0 saturated carbocycles. The van der Waals surface area contributed by atoms with E-state index in [1.807, 2.05) is 24.3 Å². The van der Waals surface area contributed by atoms with Gasteiger partial charge in [-0.25, -0.2) is 9.59 Å². The number of nitrogens with one attached hydrogen (secondary N) is 2. The Labute approximate surface area is 133 Å². The standard InChI is InChI=1S/C16H17N3O4/c20-15(18-11-14-5-2-7-22-14)17-10-12-3-1-4-13(9-12)19-6-8-23-16(19)21/h1-5,7,9H,6,8,10-11H2,(H2,17,18,20). The normalized spacial score (nSPS) is 13.7. The van der Waals surface area contributed by atoms with Gasteiger partial charge in [-0.3, -0.25) is 4.90 Å². The van der Waals surface area contributed by atoms with Gasteiger partial charge in [0.05, 0.1) is 19.4 Å². The van der Waals surface area contributed by atoms with Crippen LogP contribution in [0, 0.1) is 0 Å². The van der Waals surface area contributed by atoms with Crippen LogP contribution < -0.4 is 15.5 Å². The van der Waals surface area contributed by atoms with Crippen LogP contribution in [0.25, 0.3) is 0 Å². The van der Waals surface area contributed by atoms with Gasteiger partial charge in [-0.05, 0) is 29.8 Å². The van der Waals surface area contributed by atoms with Crippen molar-refractivity contribution in [3.05, 3.63) is 54.0 Å². The van der Waals surface area contributed by atoms with Crippen molar-refractivity contribution in [1.82, 2.24) is 10.6 Å². The molecule has 0 spiro atoms. The third-order valence-electron chi connectivity index (χ3n) is 3.44. The van der Waals surface area contributed by atoms with E-state index in [1.165, 1.54) is 0 Å². The minimum atomic E-state index is -0.341. The molecule has 3 rings (SSSR count). The van der Waals surface area contributed by atoms with E-state index in [-0.39, 0.29) is 12.1 Å². The Balaban J connectivity index is 1.51. The Hall–Kier alpha value is -2.96. The first kappa shape index (κ1) is 15.0. The highest BCUT2D eigenvalue weighted by Gasteiger charge is 2.23. The fourth-order valence-corrected chi connectivity index (χ4v) is 2.29. The van der Waals surface area contributed by atoms with E-state index in [2.05, 4.69) is 10.6 Å². The largest absolute Gasteiger partial charge is 0.467 e. The molecular formula is C16H17N3O4. The summed E-state index contributed by atoms with van der Waals surface area (Å²) in [5.41, 5.74) is 1.66. The molecule has 7 heteroatoms. The maximum Gasteiger partial charge on any atom is 0.414 e. The number of ether oxygens (including phenoxy) is 1. The molecule has 1 aromatic heterocycles. The molecule has 0 radical (unpaired) electrons. The van der Waals surface area contributed by atoms with Gasteiger partial charge < -0.3 is 19.8 Å². The van der Waals surface area contributed by atoms with Crippen molar-refractivity contribution in [1.29, 1.82) is 0 Å². The third-order valence-corrected chi connectivity index (χ3v) is 3.44. The van der Waals surface area contributed by atoms with Gasteiger partial charge in [0.25, 0.3) is 0 Å². The highest BCUT2D eigenvalue weighted by molar-refractivity contribution is 5.89. The van der Waals surface area contributed by atoms with Crippen molar-refractivity contribution in [2.45, 2.75) is 13.1 Å².